The van der Waals surface area contributed by atoms with Gasteiger partial charge in [-0.15, -0.1) is 0 Å². The molecule has 1 aliphatic heterocycles. The van der Waals surface area contributed by atoms with Crippen LogP contribution in [0.1, 0.15) is 71.8 Å². The topological polar surface area (TPSA) is 79.3 Å². The molecule has 7 nitrogen and oxygen atoms in total. The van der Waals surface area contributed by atoms with Crippen LogP contribution < -0.4 is 4.90 Å². The van der Waals surface area contributed by atoms with Crippen LogP contribution in [0.15, 0.2) is 29.4 Å². The number of nitrogens with zero attached hydrogens (tertiary/aromatic N) is 3. The Hall–Kier alpha value is -2.70. The zero-order chi connectivity index (χ0) is 25.0. The fourth-order valence-electron chi connectivity index (χ4n) is 7.13. The summed E-state index contributed by atoms with van der Waals surface area (Å²) in [6, 6.07) is 7.36. The molecule has 2 amide bonds. The lowest BCUT2D eigenvalue weighted by molar-refractivity contribution is -0.143. The van der Waals surface area contributed by atoms with E-state index >= 15 is 0 Å². The van der Waals surface area contributed by atoms with E-state index in [4.69, 9.17) is 9.84 Å². The van der Waals surface area contributed by atoms with Gasteiger partial charge in [0.05, 0.1) is 24.6 Å². The van der Waals surface area contributed by atoms with Gasteiger partial charge in [-0.1, -0.05) is 39.0 Å². The van der Waals surface area contributed by atoms with Crippen molar-refractivity contribution in [3.05, 3.63) is 29.8 Å². The summed E-state index contributed by atoms with van der Waals surface area (Å²) in [6.07, 6.45) is 7.13. The van der Waals surface area contributed by atoms with Gasteiger partial charge in [-0.3, -0.25) is 14.5 Å². The van der Waals surface area contributed by atoms with Crippen molar-refractivity contribution in [1.29, 1.82) is 0 Å². The summed E-state index contributed by atoms with van der Waals surface area (Å²) in [6.45, 7) is 7.22. The average molecular weight is 480 g/mol. The molecular formula is C28H37N3O4. The van der Waals surface area contributed by atoms with Crippen molar-refractivity contribution >= 4 is 29.2 Å². The van der Waals surface area contributed by atoms with Crippen LogP contribution >= 0.6 is 0 Å². The van der Waals surface area contributed by atoms with E-state index in [0.717, 1.165) is 30.5 Å². The number of amides is 2. The van der Waals surface area contributed by atoms with Crippen molar-refractivity contribution in [2.75, 3.05) is 24.6 Å². The smallest absolute Gasteiger partial charge is 0.345 e. The number of ketones is 1. The first-order valence-corrected chi connectivity index (χ1v) is 13.1. The van der Waals surface area contributed by atoms with E-state index in [1.807, 2.05) is 45.0 Å². The van der Waals surface area contributed by atoms with E-state index in [-0.39, 0.29) is 30.9 Å². The minimum absolute atomic E-state index is 0.0463. The number of rotatable bonds is 6. The molecule has 1 heterocycles. The molecule has 1 aromatic carbocycles. The third kappa shape index (κ3) is 4.38. The Labute approximate surface area is 207 Å². The molecule has 0 radical (unpaired) electrons. The van der Waals surface area contributed by atoms with Crippen molar-refractivity contribution in [3.63, 3.8) is 0 Å². The van der Waals surface area contributed by atoms with Gasteiger partial charge in [0, 0.05) is 16.4 Å². The molecule has 5 aliphatic rings. The van der Waals surface area contributed by atoms with E-state index in [1.165, 1.54) is 29.2 Å². The molecule has 4 bridgehead atoms. The van der Waals surface area contributed by atoms with Crippen LogP contribution in [0.4, 0.5) is 10.5 Å². The lowest BCUT2D eigenvalue weighted by atomic mass is 9.48. The van der Waals surface area contributed by atoms with Crippen molar-refractivity contribution < 1.29 is 19.1 Å². The second-order valence-corrected chi connectivity index (χ2v) is 12.1. The van der Waals surface area contributed by atoms with Gasteiger partial charge >= 0.3 is 12.0 Å². The summed E-state index contributed by atoms with van der Waals surface area (Å²) in [5, 5.41) is 6.23. The molecule has 0 atom stereocenters. The number of hydrogen-bond acceptors (Lipinski definition) is 5. The number of hydrogen-bond donors (Lipinski definition) is 0. The van der Waals surface area contributed by atoms with Gasteiger partial charge in [-0.05, 0) is 69.3 Å². The molecule has 7 heteroatoms. The standard InChI is InChI=1S/C28H37N3O4/c1-5-35-24(33)17-31-26(34)30(16-23(32)27(2,3)4)22-9-7-6-8-21(22)25(29-31)28-13-18-10-19(14-28)12-20(11-18)15-28/h6-9,18-20H,5,10-17H2,1-4H3. The van der Waals surface area contributed by atoms with Crippen LogP contribution in [0.3, 0.4) is 0 Å². The SMILES string of the molecule is CCOC(=O)CN1N=C(C23CC4CC(CC(C4)C2)C3)c2ccccc2N(CC(=O)C(C)(C)C)C1=O. The number of ether oxygens (including phenoxy) is 1. The number of carbonyl (C=O) groups excluding carboxylic acids is 3. The van der Waals surface area contributed by atoms with Gasteiger partial charge in [0.2, 0.25) is 0 Å². The second-order valence-electron chi connectivity index (χ2n) is 12.1. The number of urea groups is 1. The molecule has 35 heavy (non-hydrogen) atoms. The summed E-state index contributed by atoms with van der Waals surface area (Å²) in [5.41, 5.74) is 1.83. The Morgan fingerprint density at radius 2 is 1.63 bits per heavy atom. The van der Waals surface area contributed by atoms with Gasteiger partial charge in [-0.25, -0.2) is 9.80 Å². The normalized spacial score (nSPS) is 29.5. The number of anilines is 1. The summed E-state index contributed by atoms with van der Waals surface area (Å²) in [4.78, 5) is 41.0. The molecule has 1 aromatic rings. The van der Waals surface area contributed by atoms with E-state index in [1.54, 1.807) is 6.92 Å². The van der Waals surface area contributed by atoms with Crippen molar-refractivity contribution in [3.8, 4) is 0 Å². The molecule has 4 saturated carbocycles. The first-order chi connectivity index (χ1) is 16.6. The first-order valence-electron chi connectivity index (χ1n) is 13.1. The van der Waals surface area contributed by atoms with Crippen LogP contribution in [0, 0.1) is 28.6 Å². The molecule has 0 aromatic heterocycles. The zero-order valence-corrected chi connectivity index (χ0v) is 21.4. The van der Waals surface area contributed by atoms with Crippen LogP contribution in [-0.4, -0.2) is 48.2 Å². The molecule has 0 spiro atoms. The highest BCUT2D eigenvalue weighted by Crippen LogP contribution is 2.61. The maximum atomic E-state index is 13.9. The molecular weight excluding hydrogens is 442 g/mol. The van der Waals surface area contributed by atoms with Gasteiger partial charge in [0.1, 0.15) is 6.54 Å². The Bertz CT molecular complexity index is 1030. The Morgan fingerprint density at radius 3 is 2.20 bits per heavy atom. The third-order valence-corrected chi connectivity index (χ3v) is 8.39. The second kappa shape index (κ2) is 8.75. The maximum Gasteiger partial charge on any atom is 0.345 e. The molecule has 0 unspecified atom stereocenters. The molecule has 0 saturated heterocycles. The molecule has 188 valence electrons. The number of para-hydroxylation sites is 1. The van der Waals surface area contributed by atoms with E-state index in [9.17, 15) is 14.4 Å². The maximum absolute atomic E-state index is 13.9. The number of fused-ring (bicyclic) bond motifs is 1. The summed E-state index contributed by atoms with van der Waals surface area (Å²) in [7, 11) is 0. The van der Waals surface area contributed by atoms with Gasteiger partial charge in [0.15, 0.2) is 5.78 Å². The fraction of sp³-hybridized carbons (Fsp3) is 0.643. The van der Waals surface area contributed by atoms with Gasteiger partial charge < -0.3 is 4.74 Å². The lowest BCUT2D eigenvalue weighted by Crippen LogP contribution is -2.50. The quantitative estimate of drug-likeness (QED) is 0.536. The fourth-order valence-corrected chi connectivity index (χ4v) is 7.13. The molecule has 4 fully saturated rings. The number of benzene rings is 1. The van der Waals surface area contributed by atoms with Crippen LogP contribution in [0.5, 0.6) is 0 Å². The summed E-state index contributed by atoms with van der Waals surface area (Å²) in [5.74, 6) is 1.56. The van der Waals surface area contributed by atoms with Crippen molar-refractivity contribution in [1.82, 2.24) is 5.01 Å². The van der Waals surface area contributed by atoms with Crippen LogP contribution in [0.2, 0.25) is 0 Å². The number of carbonyl (C=O) groups is 3. The number of esters is 1. The van der Waals surface area contributed by atoms with Crippen LogP contribution in [-0.2, 0) is 14.3 Å². The molecule has 6 rings (SSSR count). The zero-order valence-electron chi connectivity index (χ0n) is 21.4. The Morgan fingerprint density at radius 1 is 1.03 bits per heavy atom. The minimum atomic E-state index is -0.600. The van der Waals surface area contributed by atoms with E-state index < -0.39 is 17.4 Å². The third-order valence-electron chi connectivity index (χ3n) is 8.39. The Balaban J connectivity index is 1.61. The number of Topliss-reactive ketones (excluding diaryl/α,β-unsaturated/α-hetero) is 1. The van der Waals surface area contributed by atoms with Crippen LogP contribution in [0.25, 0.3) is 0 Å². The van der Waals surface area contributed by atoms with E-state index in [2.05, 4.69) is 0 Å². The first kappa shape index (κ1) is 24.0. The van der Waals surface area contributed by atoms with E-state index in [0.29, 0.717) is 23.4 Å². The lowest BCUT2D eigenvalue weighted by Gasteiger charge is -2.57. The van der Waals surface area contributed by atoms with Gasteiger partial charge in [0.25, 0.3) is 0 Å². The highest BCUT2D eigenvalue weighted by atomic mass is 16.5. The average Bonchev–Trinajstić information content (AvgIpc) is 2.88. The largest absolute Gasteiger partial charge is 0.465 e. The minimum Gasteiger partial charge on any atom is -0.465 e. The number of hydrazone groups is 1. The van der Waals surface area contributed by atoms with Gasteiger partial charge in [-0.2, -0.15) is 5.10 Å². The molecule has 4 aliphatic carbocycles. The van der Waals surface area contributed by atoms with Crippen molar-refractivity contribution in [2.45, 2.75) is 66.2 Å². The summed E-state index contributed by atoms with van der Waals surface area (Å²) >= 11 is 0. The monoisotopic (exact) mass is 479 g/mol. The molecule has 0 N–H and O–H groups in total. The predicted molar refractivity (Wildman–Crippen MR) is 134 cm³/mol. The predicted octanol–water partition coefficient (Wildman–Crippen LogP) is 5.03. The Kier molecular flexibility index (Phi) is 6.01. The van der Waals surface area contributed by atoms with Crippen molar-refractivity contribution in [2.24, 2.45) is 33.7 Å². The highest BCUT2D eigenvalue weighted by Gasteiger charge is 2.54. The summed E-state index contributed by atoms with van der Waals surface area (Å²) < 4.78 is 5.18. The highest BCUT2D eigenvalue weighted by molar-refractivity contribution is 6.14.